The van der Waals surface area contributed by atoms with Crippen LogP contribution in [0.3, 0.4) is 0 Å². The van der Waals surface area contributed by atoms with Crippen molar-refractivity contribution in [3.8, 4) is 5.75 Å². The number of amides is 2. The van der Waals surface area contributed by atoms with Gasteiger partial charge in [0, 0.05) is 17.1 Å². The molecule has 2 amide bonds. The molecule has 1 N–H and O–H groups in total. The van der Waals surface area contributed by atoms with Gasteiger partial charge in [-0.3, -0.25) is 14.6 Å². The molecule has 0 saturated carbocycles. The Kier molecular flexibility index (Phi) is 7.32. The highest BCUT2D eigenvalue weighted by molar-refractivity contribution is 8.15. The molecule has 0 aliphatic carbocycles. The van der Waals surface area contributed by atoms with E-state index in [1.807, 2.05) is 54.6 Å². The second kappa shape index (κ2) is 10.6. The molecule has 0 aromatic heterocycles. The Morgan fingerprint density at radius 1 is 1.06 bits per heavy atom. The van der Waals surface area contributed by atoms with E-state index in [2.05, 4.69) is 5.32 Å². The Morgan fingerprint density at radius 2 is 1.76 bits per heavy atom. The number of ether oxygens (including phenoxy) is 1. The van der Waals surface area contributed by atoms with E-state index in [1.165, 1.54) is 16.7 Å². The van der Waals surface area contributed by atoms with Crippen LogP contribution >= 0.6 is 23.4 Å². The minimum atomic E-state index is -0.570. The summed E-state index contributed by atoms with van der Waals surface area (Å²) in [5, 5.41) is 3.83. The van der Waals surface area contributed by atoms with Crippen molar-refractivity contribution in [1.29, 1.82) is 0 Å². The molecule has 0 radical (unpaired) electrons. The first-order chi connectivity index (χ1) is 16.0. The van der Waals surface area contributed by atoms with Crippen LogP contribution in [0.5, 0.6) is 5.75 Å². The Balaban J connectivity index is 1.53. The number of aliphatic imine (C=N–C) groups is 1. The minimum Gasteiger partial charge on any atom is -0.497 e. The maximum absolute atomic E-state index is 13.1. The highest BCUT2D eigenvalue weighted by Gasteiger charge is 2.40. The number of halogens is 1. The van der Waals surface area contributed by atoms with Gasteiger partial charge in [-0.05, 0) is 54.1 Å². The summed E-state index contributed by atoms with van der Waals surface area (Å²) in [4.78, 5) is 31.7. The lowest BCUT2D eigenvalue weighted by Crippen LogP contribution is -2.31. The summed E-state index contributed by atoms with van der Waals surface area (Å²) in [7, 11) is 1.62. The highest BCUT2D eigenvalue weighted by Crippen LogP contribution is 2.31. The van der Waals surface area contributed by atoms with E-state index < -0.39 is 5.25 Å². The molecule has 4 rings (SSSR count). The molecule has 1 atom stereocenters. The number of nitrogens with zero attached hydrogens (tertiary/aromatic N) is 2. The van der Waals surface area contributed by atoms with Crippen LogP contribution in [0.2, 0.25) is 5.02 Å². The van der Waals surface area contributed by atoms with Crippen molar-refractivity contribution in [2.75, 3.05) is 17.3 Å². The molecule has 3 aromatic carbocycles. The highest BCUT2D eigenvalue weighted by atomic mass is 35.5. The van der Waals surface area contributed by atoms with E-state index in [1.54, 1.807) is 31.4 Å². The van der Waals surface area contributed by atoms with Gasteiger partial charge >= 0.3 is 0 Å². The maximum atomic E-state index is 13.1. The number of para-hydroxylation sites is 1. The number of anilines is 2. The lowest BCUT2D eigenvalue weighted by atomic mass is 10.2. The molecule has 8 heteroatoms. The molecule has 168 valence electrons. The number of carbonyl (C=O) groups is 2. The zero-order chi connectivity index (χ0) is 23.2. The van der Waals surface area contributed by atoms with Gasteiger partial charge in [0.25, 0.3) is 0 Å². The van der Waals surface area contributed by atoms with Crippen LogP contribution in [0.25, 0.3) is 0 Å². The van der Waals surface area contributed by atoms with E-state index >= 15 is 0 Å². The third-order valence-electron chi connectivity index (χ3n) is 5.03. The molecule has 33 heavy (non-hydrogen) atoms. The summed E-state index contributed by atoms with van der Waals surface area (Å²) in [6, 6.07) is 23.9. The molecule has 1 fully saturated rings. The summed E-state index contributed by atoms with van der Waals surface area (Å²) >= 11 is 7.21. The Morgan fingerprint density at radius 3 is 2.42 bits per heavy atom. The van der Waals surface area contributed by atoms with Crippen LogP contribution in [0.1, 0.15) is 12.0 Å². The van der Waals surface area contributed by atoms with Crippen molar-refractivity contribution >= 4 is 51.7 Å². The average Bonchev–Trinajstić information content (AvgIpc) is 3.11. The van der Waals surface area contributed by atoms with E-state index in [0.29, 0.717) is 22.4 Å². The van der Waals surface area contributed by atoms with Gasteiger partial charge in [0.05, 0.1) is 19.3 Å². The van der Waals surface area contributed by atoms with Crippen molar-refractivity contribution < 1.29 is 14.3 Å². The number of benzene rings is 3. The van der Waals surface area contributed by atoms with Gasteiger partial charge in [-0.25, -0.2) is 4.90 Å². The minimum absolute atomic E-state index is 0.101. The second-order valence-corrected chi connectivity index (χ2v) is 8.94. The summed E-state index contributed by atoms with van der Waals surface area (Å²) in [5.41, 5.74) is 2.37. The van der Waals surface area contributed by atoms with E-state index in [4.69, 9.17) is 21.3 Å². The van der Waals surface area contributed by atoms with Crippen molar-refractivity contribution in [2.45, 2.75) is 18.2 Å². The van der Waals surface area contributed by atoms with Gasteiger partial charge in [0.1, 0.15) is 11.0 Å². The fourth-order valence-corrected chi connectivity index (χ4v) is 4.48. The number of thioether (sulfide) groups is 1. The van der Waals surface area contributed by atoms with Crippen molar-refractivity contribution in [3.63, 3.8) is 0 Å². The number of imide groups is 1. The molecule has 3 aromatic rings. The summed E-state index contributed by atoms with van der Waals surface area (Å²) in [6.45, 7) is 0.419. The lowest BCUT2D eigenvalue weighted by Gasteiger charge is -2.16. The molecule has 1 saturated heterocycles. The Hall–Kier alpha value is -3.29. The number of amidine groups is 1. The third kappa shape index (κ3) is 5.74. The first-order valence-electron chi connectivity index (χ1n) is 10.3. The number of methoxy groups -OCH3 is 1. The molecular formula is C25H22ClN3O3S. The maximum Gasteiger partial charge on any atom is 0.247 e. The van der Waals surface area contributed by atoms with E-state index in [9.17, 15) is 9.59 Å². The lowest BCUT2D eigenvalue weighted by molar-refractivity contribution is -0.121. The van der Waals surface area contributed by atoms with Crippen LogP contribution in [-0.4, -0.2) is 29.3 Å². The smallest absolute Gasteiger partial charge is 0.247 e. The fourth-order valence-electron chi connectivity index (χ4n) is 3.34. The molecule has 1 aliphatic heterocycles. The van der Waals surface area contributed by atoms with Crippen LogP contribution in [-0.2, 0) is 16.1 Å². The fraction of sp³-hybridized carbons (Fsp3) is 0.160. The molecule has 6 nitrogen and oxygen atoms in total. The van der Waals surface area contributed by atoms with Gasteiger partial charge in [-0.1, -0.05) is 53.7 Å². The van der Waals surface area contributed by atoms with Gasteiger partial charge in [-0.2, -0.15) is 0 Å². The van der Waals surface area contributed by atoms with Crippen molar-refractivity contribution in [2.24, 2.45) is 4.99 Å². The SMILES string of the molecule is COc1ccc(CN=C(Nc2ccccc2)SC2CC(=O)N(c3ccc(Cl)cc3)C2=O)cc1. The first-order valence-corrected chi connectivity index (χ1v) is 11.6. The van der Waals surface area contributed by atoms with Crippen LogP contribution in [0.4, 0.5) is 11.4 Å². The third-order valence-corrected chi connectivity index (χ3v) is 6.39. The largest absolute Gasteiger partial charge is 0.497 e. The van der Waals surface area contributed by atoms with E-state index in [-0.39, 0.29) is 18.2 Å². The normalized spacial score (nSPS) is 16.2. The Labute approximate surface area is 201 Å². The summed E-state index contributed by atoms with van der Waals surface area (Å²) in [6.07, 6.45) is 0.101. The molecule has 0 spiro atoms. The van der Waals surface area contributed by atoms with Gasteiger partial charge in [0.15, 0.2) is 5.17 Å². The van der Waals surface area contributed by atoms with Crippen LogP contribution in [0.15, 0.2) is 83.9 Å². The summed E-state index contributed by atoms with van der Waals surface area (Å²) < 4.78 is 5.20. The number of nitrogens with one attached hydrogen (secondary N) is 1. The number of hydrogen-bond acceptors (Lipinski definition) is 5. The molecular weight excluding hydrogens is 458 g/mol. The van der Waals surface area contributed by atoms with Crippen molar-refractivity contribution in [1.82, 2.24) is 0 Å². The summed E-state index contributed by atoms with van der Waals surface area (Å²) in [5.74, 6) is 0.269. The number of hydrogen-bond donors (Lipinski definition) is 1. The van der Waals surface area contributed by atoms with Gasteiger partial charge in [-0.15, -0.1) is 0 Å². The van der Waals surface area contributed by atoms with Gasteiger partial charge < -0.3 is 10.1 Å². The average molecular weight is 480 g/mol. The van der Waals surface area contributed by atoms with Crippen LogP contribution in [0, 0.1) is 0 Å². The molecule has 1 aliphatic rings. The van der Waals surface area contributed by atoms with E-state index in [0.717, 1.165) is 17.0 Å². The monoisotopic (exact) mass is 479 g/mol. The number of rotatable bonds is 6. The zero-order valence-corrected chi connectivity index (χ0v) is 19.5. The second-order valence-electron chi connectivity index (χ2n) is 7.31. The topological polar surface area (TPSA) is 71.0 Å². The molecule has 1 heterocycles. The molecule has 1 unspecified atom stereocenters. The quantitative estimate of drug-likeness (QED) is 0.292. The molecule has 0 bridgehead atoms. The standard InChI is InChI=1S/C25H22ClN3O3S/c1-32-21-13-7-17(8-14-21)16-27-25(28-19-5-3-2-4-6-19)33-22-15-23(30)29(24(22)31)20-11-9-18(26)10-12-20/h2-14,22H,15-16H2,1H3,(H,27,28). The Bertz CT molecular complexity index is 1150. The van der Waals surface area contributed by atoms with Crippen LogP contribution < -0.4 is 15.0 Å². The predicted octanol–water partition coefficient (Wildman–Crippen LogP) is 5.38. The zero-order valence-electron chi connectivity index (χ0n) is 17.9. The predicted molar refractivity (Wildman–Crippen MR) is 134 cm³/mol. The van der Waals surface area contributed by atoms with Crippen molar-refractivity contribution in [3.05, 3.63) is 89.4 Å². The first kappa shape index (κ1) is 22.9. The van der Waals surface area contributed by atoms with Gasteiger partial charge in [0.2, 0.25) is 11.8 Å². The number of carbonyl (C=O) groups excluding carboxylic acids is 2.